The zero-order valence-electron chi connectivity index (χ0n) is 8.42. The maximum atomic E-state index is 11.1. The molecular weight excluding hydrogens is 182 g/mol. The smallest absolute Gasteiger partial charge is 0.146 e. The van der Waals surface area contributed by atoms with Crippen molar-refractivity contribution in [1.82, 2.24) is 4.90 Å². The molecule has 1 rings (SSSR count). The number of nitrogens with zero attached hydrogens (tertiary/aromatic N) is 1. The predicted octanol–water partition coefficient (Wildman–Crippen LogP) is 1.79. The lowest BCUT2D eigenvalue weighted by atomic mass is 10.1. The Hall–Kier alpha value is -0.0200. The Morgan fingerprint density at radius 3 is 3.08 bits per heavy atom. The lowest BCUT2D eigenvalue weighted by Crippen LogP contribution is -2.36. The molecule has 3 heteroatoms. The zero-order chi connectivity index (χ0) is 9.52. The molecule has 0 bridgehead atoms. The Balaban J connectivity index is 2.03. The summed E-state index contributed by atoms with van der Waals surface area (Å²) >= 11 is 1.99. The largest absolute Gasteiger partial charge is 0.298 e. The highest BCUT2D eigenvalue weighted by atomic mass is 32.2. The summed E-state index contributed by atoms with van der Waals surface area (Å²) in [6.45, 7) is 5.13. The molecule has 1 heterocycles. The standard InChI is InChI=1S/C10H19NOS/c1-2-13-8-4-7-11-6-3-5-10(12)9-11/h2-9H2,1H3. The van der Waals surface area contributed by atoms with E-state index in [0.29, 0.717) is 12.3 Å². The van der Waals surface area contributed by atoms with Gasteiger partial charge in [-0.1, -0.05) is 6.92 Å². The molecule has 0 aromatic heterocycles. The van der Waals surface area contributed by atoms with Crippen molar-refractivity contribution in [3.8, 4) is 0 Å². The Kier molecular flexibility index (Phi) is 5.47. The first kappa shape index (κ1) is 11.1. The van der Waals surface area contributed by atoms with Gasteiger partial charge in [-0.2, -0.15) is 11.8 Å². The number of piperidine rings is 1. The van der Waals surface area contributed by atoms with Crippen LogP contribution in [0, 0.1) is 0 Å². The van der Waals surface area contributed by atoms with E-state index >= 15 is 0 Å². The van der Waals surface area contributed by atoms with Gasteiger partial charge in [0.05, 0.1) is 6.54 Å². The number of hydrogen-bond acceptors (Lipinski definition) is 3. The number of rotatable bonds is 5. The summed E-state index contributed by atoms with van der Waals surface area (Å²) in [7, 11) is 0. The number of likely N-dealkylation sites (tertiary alicyclic amines) is 1. The molecular formula is C10H19NOS. The van der Waals surface area contributed by atoms with Crippen LogP contribution < -0.4 is 0 Å². The first-order valence-corrected chi connectivity index (χ1v) is 6.30. The SMILES string of the molecule is CCSCCCN1CCCC(=O)C1. The van der Waals surface area contributed by atoms with Gasteiger partial charge in [0.15, 0.2) is 0 Å². The van der Waals surface area contributed by atoms with E-state index in [4.69, 9.17) is 0 Å². The molecule has 0 aliphatic carbocycles. The van der Waals surface area contributed by atoms with Crippen molar-refractivity contribution in [2.45, 2.75) is 26.2 Å². The van der Waals surface area contributed by atoms with Gasteiger partial charge in [0.25, 0.3) is 0 Å². The summed E-state index contributed by atoms with van der Waals surface area (Å²) in [6, 6.07) is 0. The van der Waals surface area contributed by atoms with Crippen molar-refractivity contribution >= 4 is 17.5 Å². The van der Waals surface area contributed by atoms with E-state index < -0.39 is 0 Å². The van der Waals surface area contributed by atoms with Gasteiger partial charge in [0, 0.05) is 6.42 Å². The van der Waals surface area contributed by atoms with Crippen molar-refractivity contribution in [2.24, 2.45) is 0 Å². The Bertz CT molecular complexity index is 161. The third kappa shape index (κ3) is 4.67. The maximum Gasteiger partial charge on any atom is 0.146 e. The fourth-order valence-corrected chi connectivity index (χ4v) is 2.25. The van der Waals surface area contributed by atoms with Crippen LogP contribution in [0.3, 0.4) is 0 Å². The topological polar surface area (TPSA) is 20.3 Å². The molecule has 0 saturated carbocycles. The van der Waals surface area contributed by atoms with Crippen LogP contribution in [-0.4, -0.2) is 41.8 Å². The lowest BCUT2D eigenvalue weighted by molar-refractivity contribution is -0.122. The molecule has 0 atom stereocenters. The van der Waals surface area contributed by atoms with Crippen LogP contribution in [0.2, 0.25) is 0 Å². The van der Waals surface area contributed by atoms with E-state index in [1.807, 2.05) is 11.8 Å². The molecule has 2 nitrogen and oxygen atoms in total. The second-order valence-electron chi connectivity index (χ2n) is 3.47. The number of carbonyl (C=O) groups is 1. The molecule has 76 valence electrons. The Morgan fingerprint density at radius 2 is 2.38 bits per heavy atom. The third-order valence-corrected chi connectivity index (χ3v) is 3.28. The van der Waals surface area contributed by atoms with E-state index in [2.05, 4.69) is 11.8 Å². The van der Waals surface area contributed by atoms with Gasteiger partial charge in [-0.3, -0.25) is 9.69 Å². The molecule has 0 radical (unpaired) electrons. The summed E-state index contributed by atoms with van der Waals surface area (Å²) in [6.07, 6.45) is 3.10. The molecule has 13 heavy (non-hydrogen) atoms. The van der Waals surface area contributed by atoms with E-state index in [0.717, 1.165) is 25.9 Å². The van der Waals surface area contributed by atoms with E-state index in [-0.39, 0.29) is 0 Å². The van der Waals surface area contributed by atoms with Gasteiger partial charge in [-0.25, -0.2) is 0 Å². The summed E-state index contributed by atoms with van der Waals surface area (Å²) in [5.74, 6) is 2.87. The lowest BCUT2D eigenvalue weighted by Gasteiger charge is -2.25. The minimum atomic E-state index is 0.425. The zero-order valence-corrected chi connectivity index (χ0v) is 9.24. The molecule has 1 aliphatic heterocycles. The second-order valence-corrected chi connectivity index (χ2v) is 4.86. The number of carbonyl (C=O) groups excluding carboxylic acids is 1. The first-order valence-electron chi connectivity index (χ1n) is 5.14. The monoisotopic (exact) mass is 201 g/mol. The van der Waals surface area contributed by atoms with E-state index in [1.165, 1.54) is 17.9 Å². The van der Waals surface area contributed by atoms with Gasteiger partial charge >= 0.3 is 0 Å². The van der Waals surface area contributed by atoms with E-state index in [9.17, 15) is 4.79 Å². The molecule has 0 N–H and O–H groups in total. The maximum absolute atomic E-state index is 11.1. The molecule has 0 aromatic carbocycles. The number of hydrogen-bond donors (Lipinski definition) is 0. The van der Waals surface area contributed by atoms with Gasteiger partial charge in [-0.05, 0) is 37.4 Å². The second kappa shape index (κ2) is 6.44. The summed E-state index contributed by atoms with van der Waals surface area (Å²) < 4.78 is 0. The minimum absolute atomic E-state index is 0.425. The summed E-state index contributed by atoms with van der Waals surface area (Å²) in [4.78, 5) is 13.4. The highest BCUT2D eigenvalue weighted by Crippen LogP contribution is 2.08. The Morgan fingerprint density at radius 1 is 1.54 bits per heavy atom. The fourth-order valence-electron chi connectivity index (χ4n) is 1.63. The van der Waals surface area contributed by atoms with Crippen molar-refractivity contribution in [2.75, 3.05) is 31.1 Å². The average Bonchev–Trinajstić information content (AvgIpc) is 2.13. The van der Waals surface area contributed by atoms with Crippen LogP contribution in [0.1, 0.15) is 26.2 Å². The van der Waals surface area contributed by atoms with Crippen molar-refractivity contribution < 1.29 is 4.79 Å². The molecule has 1 saturated heterocycles. The van der Waals surface area contributed by atoms with Crippen LogP contribution in [0.15, 0.2) is 0 Å². The molecule has 0 unspecified atom stereocenters. The van der Waals surface area contributed by atoms with Crippen LogP contribution in [-0.2, 0) is 4.79 Å². The molecule has 0 aromatic rings. The predicted molar refractivity (Wildman–Crippen MR) is 58.3 cm³/mol. The van der Waals surface area contributed by atoms with Gasteiger partial charge in [-0.15, -0.1) is 0 Å². The van der Waals surface area contributed by atoms with Gasteiger partial charge in [0.1, 0.15) is 5.78 Å². The average molecular weight is 201 g/mol. The van der Waals surface area contributed by atoms with E-state index in [1.54, 1.807) is 0 Å². The van der Waals surface area contributed by atoms with Gasteiger partial charge < -0.3 is 0 Å². The van der Waals surface area contributed by atoms with Crippen molar-refractivity contribution in [3.05, 3.63) is 0 Å². The highest BCUT2D eigenvalue weighted by Gasteiger charge is 2.15. The fraction of sp³-hybridized carbons (Fsp3) is 0.900. The molecule has 0 spiro atoms. The number of Topliss-reactive ketones (excluding diaryl/α,β-unsaturated/α-hetero) is 1. The van der Waals surface area contributed by atoms with Gasteiger partial charge in [0.2, 0.25) is 0 Å². The highest BCUT2D eigenvalue weighted by molar-refractivity contribution is 7.99. The third-order valence-electron chi connectivity index (χ3n) is 2.30. The number of ketones is 1. The van der Waals surface area contributed by atoms with Crippen LogP contribution >= 0.6 is 11.8 Å². The van der Waals surface area contributed by atoms with Crippen LogP contribution in [0.25, 0.3) is 0 Å². The summed E-state index contributed by atoms with van der Waals surface area (Å²) in [5, 5.41) is 0. The molecule has 1 fully saturated rings. The van der Waals surface area contributed by atoms with Crippen LogP contribution in [0.4, 0.5) is 0 Å². The Labute approximate surface area is 85.1 Å². The molecule has 0 amide bonds. The quantitative estimate of drug-likeness (QED) is 0.633. The minimum Gasteiger partial charge on any atom is -0.298 e. The van der Waals surface area contributed by atoms with Crippen molar-refractivity contribution in [1.29, 1.82) is 0 Å². The summed E-state index contributed by atoms with van der Waals surface area (Å²) in [5.41, 5.74) is 0. The number of thioether (sulfide) groups is 1. The first-order chi connectivity index (χ1) is 6.33. The van der Waals surface area contributed by atoms with Crippen LogP contribution in [0.5, 0.6) is 0 Å². The normalized spacial score (nSPS) is 19.3. The molecule has 1 aliphatic rings. The van der Waals surface area contributed by atoms with Crippen molar-refractivity contribution in [3.63, 3.8) is 0 Å².